The number of thioether (sulfide) groups is 1. The molecule has 2 aliphatic rings. The Morgan fingerprint density at radius 2 is 1.86 bits per heavy atom. The Hall–Kier alpha value is -3.85. The summed E-state index contributed by atoms with van der Waals surface area (Å²) in [6.07, 6.45) is 0. The summed E-state index contributed by atoms with van der Waals surface area (Å²) in [6, 6.07) is 18.0. The van der Waals surface area contributed by atoms with Crippen molar-refractivity contribution in [2.75, 3.05) is 34.5 Å². The van der Waals surface area contributed by atoms with E-state index in [0.717, 1.165) is 5.56 Å². The van der Waals surface area contributed by atoms with Crippen LogP contribution >= 0.6 is 11.8 Å². The highest BCUT2D eigenvalue weighted by Crippen LogP contribution is 2.55. The van der Waals surface area contributed by atoms with Crippen molar-refractivity contribution in [1.82, 2.24) is 0 Å². The second kappa shape index (κ2) is 8.74. The number of hydrogen-bond donors (Lipinski definition) is 1. The van der Waals surface area contributed by atoms with Gasteiger partial charge in [0.2, 0.25) is 16.7 Å². The van der Waals surface area contributed by atoms with Gasteiger partial charge in [0.25, 0.3) is 5.91 Å². The third-order valence-electron chi connectivity index (χ3n) is 6.08. The molecule has 5 rings (SSSR count). The summed E-state index contributed by atoms with van der Waals surface area (Å²) in [5.74, 6) is -0.922. The maximum Gasteiger partial charge on any atom is 0.269 e. The summed E-state index contributed by atoms with van der Waals surface area (Å²) >= 11 is 1.21. The van der Waals surface area contributed by atoms with Crippen molar-refractivity contribution in [2.24, 2.45) is 0 Å². The van der Waals surface area contributed by atoms with Gasteiger partial charge in [-0.1, -0.05) is 29.8 Å². The number of amides is 3. The van der Waals surface area contributed by atoms with E-state index >= 15 is 0 Å². The number of carbonyl (C=O) groups excluding carboxylic acids is 3. The first-order chi connectivity index (χ1) is 16.8. The molecular weight excluding hydrogens is 469 g/mol. The predicted octanol–water partition coefficient (Wildman–Crippen LogP) is 4.06. The van der Waals surface area contributed by atoms with Gasteiger partial charge >= 0.3 is 0 Å². The van der Waals surface area contributed by atoms with Gasteiger partial charge in [0.1, 0.15) is 18.1 Å². The Kier molecular flexibility index (Phi) is 5.72. The van der Waals surface area contributed by atoms with Crippen molar-refractivity contribution >= 4 is 46.5 Å². The molecule has 1 N–H and O–H groups in total. The number of aryl methyl sites for hydroxylation is 1. The van der Waals surface area contributed by atoms with Crippen LogP contribution in [0.2, 0.25) is 0 Å². The lowest BCUT2D eigenvalue weighted by Crippen LogP contribution is -2.50. The molecule has 2 heterocycles. The minimum absolute atomic E-state index is 0.0811. The summed E-state index contributed by atoms with van der Waals surface area (Å²) < 4.78 is 18.9. The highest BCUT2D eigenvalue weighted by atomic mass is 32.2. The van der Waals surface area contributed by atoms with Crippen molar-refractivity contribution in [1.29, 1.82) is 0 Å². The first-order valence-electron chi connectivity index (χ1n) is 10.9. The minimum atomic E-state index is -1.37. The molecule has 0 bridgehead atoms. The maximum atomic E-state index is 14.0. The number of anilines is 3. The zero-order chi connectivity index (χ0) is 24.7. The molecule has 3 aromatic carbocycles. The molecule has 7 nitrogen and oxygen atoms in total. The number of halogens is 1. The van der Waals surface area contributed by atoms with Crippen molar-refractivity contribution in [2.45, 2.75) is 11.8 Å². The third-order valence-corrected chi connectivity index (χ3v) is 7.47. The van der Waals surface area contributed by atoms with Gasteiger partial charge < -0.3 is 10.1 Å². The molecule has 0 aromatic heterocycles. The average molecular weight is 492 g/mol. The number of methoxy groups -OCH3 is 1. The number of para-hydroxylation sites is 2. The van der Waals surface area contributed by atoms with Crippen molar-refractivity contribution in [3.05, 3.63) is 83.7 Å². The number of ether oxygens (including phenoxy) is 1. The molecule has 2 aliphatic heterocycles. The van der Waals surface area contributed by atoms with E-state index < -0.39 is 22.5 Å². The number of rotatable bonds is 5. The molecule has 1 fully saturated rings. The van der Waals surface area contributed by atoms with E-state index in [2.05, 4.69) is 5.32 Å². The SMILES string of the molecule is COc1ccccc1NC(=O)CN1C(=O)C2(SCC(=O)N2c2ccc(F)cc2)c2cc(C)ccc21. The smallest absolute Gasteiger partial charge is 0.269 e. The van der Waals surface area contributed by atoms with Crippen LogP contribution in [0.15, 0.2) is 66.7 Å². The Bertz CT molecular complexity index is 1350. The lowest BCUT2D eigenvalue weighted by atomic mass is 10.0. The van der Waals surface area contributed by atoms with Crippen molar-refractivity contribution in [3.8, 4) is 5.75 Å². The Labute approximate surface area is 205 Å². The van der Waals surface area contributed by atoms with Gasteiger partial charge in [-0.2, -0.15) is 0 Å². The Balaban J connectivity index is 1.53. The van der Waals surface area contributed by atoms with Crippen LogP contribution in [0.25, 0.3) is 0 Å². The predicted molar refractivity (Wildman–Crippen MR) is 133 cm³/mol. The molecule has 178 valence electrons. The molecule has 1 atom stereocenters. The summed E-state index contributed by atoms with van der Waals surface area (Å²) in [5, 5.41) is 2.80. The number of fused-ring (bicyclic) bond motifs is 2. The van der Waals surface area contributed by atoms with Gasteiger partial charge in [-0.15, -0.1) is 11.8 Å². The Morgan fingerprint density at radius 1 is 1.11 bits per heavy atom. The maximum absolute atomic E-state index is 14.0. The molecule has 9 heteroatoms. The Morgan fingerprint density at radius 3 is 2.60 bits per heavy atom. The fourth-order valence-corrected chi connectivity index (χ4v) is 5.90. The average Bonchev–Trinajstić information content (AvgIpc) is 3.30. The van der Waals surface area contributed by atoms with Crippen LogP contribution in [-0.2, 0) is 19.3 Å². The van der Waals surface area contributed by atoms with Gasteiger partial charge in [0.05, 0.1) is 24.2 Å². The van der Waals surface area contributed by atoms with Crippen molar-refractivity contribution < 1.29 is 23.5 Å². The summed E-state index contributed by atoms with van der Waals surface area (Å²) in [4.78, 5) is 41.6. The fourth-order valence-electron chi connectivity index (χ4n) is 4.54. The number of nitrogens with zero attached hydrogens (tertiary/aromatic N) is 2. The van der Waals surface area contributed by atoms with E-state index in [4.69, 9.17) is 4.74 Å². The summed E-state index contributed by atoms with van der Waals surface area (Å²) in [6.45, 7) is 1.65. The number of nitrogens with one attached hydrogen (secondary N) is 1. The molecule has 0 saturated carbocycles. The molecule has 1 saturated heterocycles. The topological polar surface area (TPSA) is 79.0 Å². The first kappa shape index (κ1) is 22.9. The van der Waals surface area contributed by atoms with Crippen LogP contribution in [0.5, 0.6) is 5.75 Å². The zero-order valence-electron chi connectivity index (χ0n) is 19.1. The van der Waals surface area contributed by atoms with E-state index in [0.29, 0.717) is 28.4 Å². The minimum Gasteiger partial charge on any atom is -0.495 e. The van der Waals surface area contributed by atoms with Crippen LogP contribution < -0.4 is 19.9 Å². The third kappa shape index (κ3) is 3.72. The lowest BCUT2D eigenvalue weighted by molar-refractivity contribution is -0.124. The van der Waals surface area contributed by atoms with E-state index in [1.54, 1.807) is 30.3 Å². The molecule has 1 unspecified atom stereocenters. The molecule has 3 amide bonds. The molecule has 0 aliphatic carbocycles. The molecule has 3 aromatic rings. The van der Waals surface area contributed by atoms with Crippen LogP contribution in [0.4, 0.5) is 21.5 Å². The van der Waals surface area contributed by atoms with Crippen LogP contribution in [0.1, 0.15) is 11.1 Å². The second-order valence-corrected chi connectivity index (χ2v) is 9.47. The van der Waals surface area contributed by atoms with Crippen LogP contribution in [0.3, 0.4) is 0 Å². The van der Waals surface area contributed by atoms with E-state index in [1.165, 1.54) is 52.9 Å². The van der Waals surface area contributed by atoms with E-state index in [-0.39, 0.29) is 18.2 Å². The monoisotopic (exact) mass is 491 g/mol. The van der Waals surface area contributed by atoms with Gasteiger partial charge in [-0.05, 0) is 49.4 Å². The standard InChI is InChI=1S/C26H22FN3O4S/c1-16-7-12-21-19(13-16)26(30(24(32)15-35-26)18-10-8-17(27)9-11-18)25(33)29(21)14-23(31)28-20-5-3-4-6-22(20)34-2/h3-13H,14-15H2,1-2H3,(H,28,31). The zero-order valence-corrected chi connectivity index (χ0v) is 19.9. The molecule has 0 radical (unpaired) electrons. The van der Waals surface area contributed by atoms with Gasteiger partial charge in [-0.3, -0.25) is 24.2 Å². The number of benzene rings is 3. The quantitative estimate of drug-likeness (QED) is 0.582. The van der Waals surface area contributed by atoms with Gasteiger partial charge in [0.15, 0.2) is 0 Å². The highest BCUT2D eigenvalue weighted by molar-refractivity contribution is 8.02. The first-order valence-corrected chi connectivity index (χ1v) is 11.9. The highest BCUT2D eigenvalue weighted by Gasteiger charge is 2.61. The summed E-state index contributed by atoms with van der Waals surface area (Å²) in [7, 11) is 1.51. The normalized spacial score (nSPS) is 18.8. The van der Waals surface area contributed by atoms with Gasteiger partial charge in [-0.25, -0.2) is 4.39 Å². The van der Waals surface area contributed by atoms with E-state index in [9.17, 15) is 18.8 Å². The van der Waals surface area contributed by atoms with Crippen LogP contribution in [-0.4, -0.2) is 37.1 Å². The molecule has 1 spiro atoms. The van der Waals surface area contributed by atoms with E-state index in [1.807, 2.05) is 19.1 Å². The van der Waals surface area contributed by atoms with Gasteiger partial charge in [0, 0.05) is 11.3 Å². The number of hydrogen-bond acceptors (Lipinski definition) is 5. The largest absolute Gasteiger partial charge is 0.495 e. The van der Waals surface area contributed by atoms with Crippen LogP contribution in [0, 0.1) is 12.7 Å². The van der Waals surface area contributed by atoms with Crippen molar-refractivity contribution in [3.63, 3.8) is 0 Å². The second-order valence-electron chi connectivity index (χ2n) is 8.30. The lowest BCUT2D eigenvalue weighted by Gasteiger charge is -2.33. The number of carbonyl (C=O) groups is 3. The molecule has 35 heavy (non-hydrogen) atoms. The summed E-state index contributed by atoms with van der Waals surface area (Å²) in [5.41, 5.74) is 3.01. The fraction of sp³-hybridized carbons (Fsp3) is 0.192. The molecular formula is C26H22FN3O4S.